The van der Waals surface area contributed by atoms with Crippen LogP contribution in [0.1, 0.15) is 10.4 Å². The molecule has 1 aromatic carbocycles. The van der Waals surface area contributed by atoms with Crippen LogP contribution in [0.2, 0.25) is 0 Å². The first-order valence-corrected chi connectivity index (χ1v) is 5.74. The van der Waals surface area contributed by atoms with E-state index in [9.17, 15) is 9.59 Å². The number of hydrogen-bond donors (Lipinski definition) is 1. The van der Waals surface area contributed by atoms with E-state index in [1.54, 1.807) is 12.1 Å². The minimum Gasteiger partial charge on any atom is -0.424 e. The molecule has 0 aromatic heterocycles. The Morgan fingerprint density at radius 2 is 1.87 bits per heavy atom. The Hall–Kier alpha value is -0.880. The van der Waals surface area contributed by atoms with Crippen molar-refractivity contribution in [2.24, 2.45) is 5.73 Å². The van der Waals surface area contributed by atoms with Gasteiger partial charge in [0.2, 0.25) is 0 Å². The van der Waals surface area contributed by atoms with Gasteiger partial charge in [-0.1, -0.05) is 44.0 Å². The summed E-state index contributed by atoms with van der Waals surface area (Å²) in [6, 6.07) is 6.27. The van der Waals surface area contributed by atoms with Gasteiger partial charge in [0.25, 0.3) is 5.91 Å². The first-order valence-electron chi connectivity index (χ1n) is 3.91. The van der Waals surface area contributed by atoms with Crippen LogP contribution in [0.4, 0.5) is 0 Å². The van der Waals surface area contributed by atoms with E-state index in [4.69, 9.17) is 10.5 Å². The van der Waals surface area contributed by atoms with Gasteiger partial charge in [-0.05, 0) is 12.1 Å². The van der Waals surface area contributed by atoms with Crippen molar-refractivity contribution in [3.8, 4) is 5.75 Å². The number of primary amides is 1. The van der Waals surface area contributed by atoms with Crippen molar-refractivity contribution < 1.29 is 14.3 Å². The lowest BCUT2D eigenvalue weighted by Crippen LogP contribution is -2.18. The van der Waals surface area contributed by atoms with Gasteiger partial charge in [0.1, 0.15) is 5.75 Å². The second-order valence-corrected chi connectivity index (χ2v) is 5.64. The summed E-state index contributed by atoms with van der Waals surface area (Å²) in [5, 5.41) is 0. The quantitative estimate of drug-likeness (QED) is 0.520. The van der Waals surface area contributed by atoms with Crippen LogP contribution in [0.25, 0.3) is 0 Å². The predicted molar refractivity (Wildman–Crippen MR) is 62.2 cm³/mol. The maximum atomic E-state index is 11.2. The minimum atomic E-state index is -0.640. The average molecular weight is 337 g/mol. The number of esters is 1. The molecule has 0 aliphatic rings. The molecule has 6 heteroatoms. The normalized spacial score (nSPS) is 10.1. The second-order valence-electron chi connectivity index (χ2n) is 2.58. The van der Waals surface area contributed by atoms with Gasteiger partial charge in [0.15, 0.2) is 3.74 Å². The van der Waals surface area contributed by atoms with Crippen LogP contribution in [-0.4, -0.2) is 15.6 Å². The lowest BCUT2D eigenvalue weighted by Gasteiger charge is -2.07. The molecule has 0 heterocycles. The molecule has 0 atom stereocenters. The van der Waals surface area contributed by atoms with E-state index < -0.39 is 15.6 Å². The fourth-order valence-corrected chi connectivity index (χ4v) is 1.10. The van der Waals surface area contributed by atoms with Crippen LogP contribution in [0, 0.1) is 0 Å². The van der Waals surface area contributed by atoms with Gasteiger partial charge in [0, 0.05) is 0 Å². The van der Waals surface area contributed by atoms with Crippen LogP contribution >= 0.6 is 31.9 Å². The number of carbonyl (C=O) groups excluding carboxylic acids is 2. The van der Waals surface area contributed by atoms with Gasteiger partial charge in [0.05, 0.1) is 5.56 Å². The number of benzene rings is 1. The van der Waals surface area contributed by atoms with Crippen LogP contribution in [0.5, 0.6) is 5.75 Å². The van der Waals surface area contributed by atoms with E-state index in [1.165, 1.54) is 12.1 Å². The van der Waals surface area contributed by atoms with E-state index in [0.29, 0.717) is 0 Å². The van der Waals surface area contributed by atoms with E-state index in [0.717, 1.165) is 0 Å². The van der Waals surface area contributed by atoms with Crippen molar-refractivity contribution in [2.75, 3.05) is 0 Å². The summed E-state index contributed by atoms with van der Waals surface area (Å²) in [6.45, 7) is 0. The van der Waals surface area contributed by atoms with Crippen molar-refractivity contribution >= 4 is 43.7 Å². The van der Waals surface area contributed by atoms with Gasteiger partial charge in [-0.3, -0.25) is 4.79 Å². The Morgan fingerprint density at radius 1 is 1.27 bits per heavy atom. The number of hydrogen-bond acceptors (Lipinski definition) is 3. The summed E-state index contributed by atoms with van der Waals surface area (Å²) < 4.78 is 4.32. The fraction of sp³-hybridized carbons (Fsp3) is 0.111. The molecule has 0 aliphatic carbocycles. The molecule has 1 amide bonds. The topological polar surface area (TPSA) is 69.4 Å². The van der Waals surface area contributed by atoms with E-state index in [2.05, 4.69) is 31.9 Å². The van der Waals surface area contributed by atoms with Crippen molar-refractivity contribution in [3.05, 3.63) is 29.8 Å². The molecule has 1 aromatic rings. The molecule has 0 saturated carbocycles. The predicted octanol–water partition coefficient (Wildman–Crippen LogP) is 1.81. The lowest BCUT2D eigenvalue weighted by molar-refractivity contribution is -0.131. The van der Waals surface area contributed by atoms with Crippen LogP contribution in [0.15, 0.2) is 24.3 Å². The molecule has 0 spiro atoms. The van der Waals surface area contributed by atoms with Gasteiger partial charge in [-0.15, -0.1) is 0 Å². The number of para-hydroxylation sites is 1. The summed E-state index contributed by atoms with van der Waals surface area (Å²) in [7, 11) is 0. The maximum Gasteiger partial charge on any atom is 0.336 e. The molecule has 0 unspecified atom stereocenters. The third-order valence-corrected chi connectivity index (χ3v) is 2.29. The third-order valence-electron chi connectivity index (χ3n) is 1.54. The molecule has 0 saturated heterocycles. The summed E-state index contributed by atoms with van der Waals surface area (Å²) in [4.78, 5) is 22.2. The summed E-state index contributed by atoms with van der Waals surface area (Å²) in [5.74, 6) is -1.04. The molecule has 0 bridgehead atoms. The van der Waals surface area contributed by atoms with Gasteiger partial charge >= 0.3 is 5.97 Å². The molecular formula is C9H7Br2NO3. The summed E-state index contributed by atoms with van der Waals surface area (Å²) >= 11 is 5.97. The molecular weight excluding hydrogens is 330 g/mol. The molecule has 80 valence electrons. The molecule has 2 N–H and O–H groups in total. The molecule has 0 radical (unpaired) electrons. The zero-order chi connectivity index (χ0) is 11.4. The maximum absolute atomic E-state index is 11.2. The van der Waals surface area contributed by atoms with E-state index >= 15 is 0 Å². The number of rotatable bonds is 3. The number of ether oxygens (including phenoxy) is 1. The third kappa shape index (κ3) is 3.32. The molecule has 0 fully saturated rings. The first-order chi connectivity index (χ1) is 7.02. The Balaban J connectivity index is 2.94. The monoisotopic (exact) mass is 335 g/mol. The molecule has 0 aliphatic heterocycles. The zero-order valence-corrected chi connectivity index (χ0v) is 10.6. The lowest BCUT2D eigenvalue weighted by atomic mass is 10.2. The van der Waals surface area contributed by atoms with Gasteiger partial charge in [-0.2, -0.15) is 0 Å². The highest BCUT2D eigenvalue weighted by molar-refractivity contribution is 9.25. The first kappa shape index (κ1) is 12.2. The van der Waals surface area contributed by atoms with Crippen molar-refractivity contribution in [1.82, 2.24) is 0 Å². The number of alkyl halides is 2. The summed E-state index contributed by atoms with van der Waals surface area (Å²) in [6.07, 6.45) is 0. The highest BCUT2D eigenvalue weighted by Crippen LogP contribution is 2.20. The Morgan fingerprint density at radius 3 is 2.40 bits per heavy atom. The highest BCUT2D eigenvalue weighted by Gasteiger charge is 2.16. The Labute approximate surface area is 103 Å². The Bertz CT molecular complexity index is 393. The largest absolute Gasteiger partial charge is 0.424 e. The second kappa shape index (κ2) is 5.27. The Kier molecular flexibility index (Phi) is 4.28. The molecule has 15 heavy (non-hydrogen) atoms. The van der Waals surface area contributed by atoms with Gasteiger partial charge in [-0.25, -0.2) is 4.79 Å². The number of carbonyl (C=O) groups is 2. The van der Waals surface area contributed by atoms with Crippen molar-refractivity contribution in [1.29, 1.82) is 0 Å². The smallest absolute Gasteiger partial charge is 0.336 e. The summed E-state index contributed by atoms with van der Waals surface area (Å²) in [5.41, 5.74) is 5.29. The molecule has 1 rings (SSSR count). The van der Waals surface area contributed by atoms with Gasteiger partial charge < -0.3 is 10.5 Å². The van der Waals surface area contributed by atoms with Crippen molar-refractivity contribution in [3.63, 3.8) is 0 Å². The number of halogens is 2. The molecule has 4 nitrogen and oxygen atoms in total. The fourth-order valence-electron chi connectivity index (χ4n) is 0.912. The highest BCUT2D eigenvalue weighted by atomic mass is 79.9. The van der Waals surface area contributed by atoms with Crippen LogP contribution < -0.4 is 10.5 Å². The minimum absolute atomic E-state index is 0.152. The van der Waals surface area contributed by atoms with Crippen LogP contribution in [0.3, 0.4) is 0 Å². The zero-order valence-electron chi connectivity index (χ0n) is 7.44. The van der Waals surface area contributed by atoms with Crippen LogP contribution in [-0.2, 0) is 4.79 Å². The van der Waals surface area contributed by atoms with E-state index in [1.807, 2.05) is 0 Å². The number of amides is 1. The average Bonchev–Trinajstić information content (AvgIpc) is 2.18. The van der Waals surface area contributed by atoms with Crippen molar-refractivity contribution in [2.45, 2.75) is 3.74 Å². The van der Waals surface area contributed by atoms with E-state index in [-0.39, 0.29) is 11.3 Å². The standard InChI is InChI=1S/C9H7Br2NO3/c10-7(11)9(14)15-6-4-2-1-3-5(6)8(12)13/h1-4,7H,(H2,12,13). The SMILES string of the molecule is NC(=O)c1ccccc1OC(=O)C(Br)Br. The number of nitrogens with two attached hydrogens (primary N) is 1.